The maximum atomic E-state index is 12.5. The van der Waals surface area contributed by atoms with Crippen molar-refractivity contribution in [3.8, 4) is 5.75 Å². The third kappa shape index (κ3) is 6.12. The van der Waals surface area contributed by atoms with E-state index in [1.807, 2.05) is 0 Å². The van der Waals surface area contributed by atoms with E-state index in [9.17, 15) is 14.4 Å². The van der Waals surface area contributed by atoms with Gasteiger partial charge in [-0.25, -0.2) is 4.79 Å². The van der Waals surface area contributed by atoms with E-state index >= 15 is 0 Å². The maximum absolute atomic E-state index is 12.5. The van der Waals surface area contributed by atoms with Crippen LogP contribution < -0.4 is 20.3 Å². The average molecular weight is 449 g/mol. The highest BCUT2D eigenvalue weighted by atomic mass is 32.1. The van der Waals surface area contributed by atoms with E-state index in [4.69, 9.17) is 14.2 Å². The lowest BCUT2D eigenvalue weighted by Gasteiger charge is -2.29. The molecule has 0 saturated heterocycles. The number of methoxy groups -OCH3 is 1. The Hall–Kier alpha value is -3.25. The first-order valence-electron chi connectivity index (χ1n) is 9.33. The molecular formula is C19H23N5O6S. The summed E-state index contributed by atoms with van der Waals surface area (Å²) in [4.78, 5) is 38.2. The molecule has 1 aliphatic rings. The standard InChI is InChI=1S/C19H23N5O6S/c1-19(2,3)30-18(27)20-11-5-6-13-12(7-11)24(16(26)10-29-13)8-14(25)21-17-23-22-15(31-17)9-28-4/h5-7H,8-10H2,1-4H3,(H,20,27)(H,21,23,25). The van der Waals surface area contributed by atoms with Crippen molar-refractivity contribution in [2.24, 2.45) is 0 Å². The lowest BCUT2D eigenvalue weighted by molar-refractivity contribution is -0.123. The predicted molar refractivity (Wildman–Crippen MR) is 113 cm³/mol. The van der Waals surface area contributed by atoms with Crippen molar-refractivity contribution in [1.29, 1.82) is 0 Å². The van der Waals surface area contributed by atoms with Crippen LogP contribution in [0.3, 0.4) is 0 Å². The molecule has 2 N–H and O–H groups in total. The summed E-state index contributed by atoms with van der Waals surface area (Å²) in [6, 6.07) is 4.78. The number of amides is 3. The average Bonchev–Trinajstić information content (AvgIpc) is 3.09. The number of fused-ring (bicyclic) bond motifs is 1. The largest absolute Gasteiger partial charge is 0.482 e. The van der Waals surface area contributed by atoms with E-state index in [1.54, 1.807) is 39.0 Å². The molecule has 3 rings (SSSR count). The van der Waals surface area contributed by atoms with Crippen molar-refractivity contribution >= 4 is 45.8 Å². The number of carbonyl (C=O) groups excluding carboxylic acids is 3. The number of carbonyl (C=O) groups is 3. The zero-order chi connectivity index (χ0) is 22.6. The van der Waals surface area contributed by atoms with Crippen LogP contribution in [-0.4, -0.2) is 54.0 Å². The SMILES string of the molecule is COCc1nnc(NC(=O)CN2C(=O)COc3ccc(NC(=O)OC(C)(C)C)cc32)s1. The number of anilines is 3. The van der Waals surface area contributed by atoms with E-state index in [0.717, 1.165) is 0 Å². The molecule has 3 amide bonds. The molecular weight excluding hydrogens is 426 g/mol. The fourth-order valence-electron chi connectivity index (χ4n) is 2.66. The molecule has 1 aromatic heterocycles. The van der Waals surface area contributed by atoms with Gasteiger partial charge in [-0.15, -0.1) is 10.2 Å². The van der Waals surface area contributed by atoms with Crippen LogP contribution in [0.2, 0.25) is 0 Å². The minimum atomic E-state index is -0.657. The summed E-state index contributed by atoms with van der Waals surface area (Å²) in [6.07, 6.45) is -0.636. The molecule has 0 radical (unpaired) electrons. The van der Waals surface area contributed by atoms with Crippen LogP contribution in [0.5, 0.6) is 5.75 Å². The van der Waals surface area contributed by atoms with Crippen molar-refractivity contribution in [3.63, 3.8) is 0 Å². The van der Waals surface area contributed by atoms with E-state index in [1.165, 1.54) is 23.3 Å². The first kappa shape index (κ1) is 22.4. The molecule has 1 aliphatic heterocycles. The highest BCUT2D eigenvalue weighted by molar-refractivity contribution is 7.15. The van der Waals surface area contributed by atoms with Gasteiger partial charge in [-0.3, -0.25) is 25.1 Å². The van der Waals surface area contributed by atoms with Gasteiger partial charge in [-0.1, -0.05) is 11.3 Å². The molecule has 0 saturated carbocycles. The number of nitrogens with one attached hydrogen (secondary N) is 2. The van der Waals surface area contributed by atoms with Crippen molar-refractivity contribution in [2.45, 2.75) is 33.0 Å². The number of ether oxygens (including phenoxy) is 3. The topological polar surface area (TPSA) is 132 Å². The predicted octanol–water partition coefficient (Wildman–Crippen LogP) is 2.40. The van der Waals surface area contributed by atoms with E-state index in [2.05, 4.69) is 20.8 Å². The van der Waals surface area contributed by atoms with Crippen molar-refractivity contribution < 1.29 is 28.6 Å². The number of rotatable bonds is 6. The normalized spacial score (nSPS) is 13.3. The second kappa shape index (κ2) is 9.27. The quantitative estimate of drug-likeness (QED) is 0.687. The summed E-state index contributed by atoms with van der Waals surface area (Å²) in [5, 5.41) is 13.9. The van der Waals surface area contributed by atoms with Gasteiger partial charge in [0.1, 0.15) is 29.5 Å². The summed E-state index contributed by atoms with van der Waals surface area (Å²) in [6.45, 7) is 5.09. The molecule has 1 aromatic carbocycles. The minimum absolute atomic E-state index is 0.198. The number of aromatic nitrogens is 2. The van der Waals surface area contributed by atoms with E-state index < -0.39 is 23.5 Å². The monoisotopic (exact) mass is 449 g/mol. The Morgan fingerprint density at radius 3 is 2.74 bits per heavy atom. The Kier molecular flexibility index (Phi) is 6.71. The molecule has 2 heterocycles. The summed E-state index contributed by atoms with van der Waals surface area (Å²) >= 11 is 1.18. The molecule has 31 heavy (non-hydrogen) atoms. The van der Waals surface area contributed by atoms with Crippen LogP contribution in [0.15, 0.2) is 18.2 Å². The van der Waals surface area contributed by atoms with Gasteiger partial charge < -0.3 is 14.2 Å². The Bertz CT molecular complexity index is 986. The summed E-state index contributed by atoms with van der Waals surface area (Å²) in [5.41, 5.74) is 0.0947. The molecule has 0 aliphatic carbocycles. The minimum Gasteiger partial charge on any atom is -0.482 e. The first-order valence-corrected chi connectivity index (χ1v) is 10.1. The van der Waals surface area contributed by atoms with Crippen LogP contribution >= 0.6 is 11.3 Å². The van der Waals surface area contributed by atoms with Gasteiger partial charge in [0, 0.05) is 12.8 Å². The van der Waals surface area contributed by atoms with Gasteiger partial charge in [-0.05, 0) is 39.0 Å². The summed E-state index contributed by atoms with van der Waals surface area (Å²) < 4.78 is 15.6. The Labute approximate surface area is 182 Å². The lowest BCUT2D eigenvalue weighted by atomic mass is 10.2. The number of benzene rings is 1. The number of nitrogens with zero attached hydrogens (tertiary/aromatic N) is 3. The molecule has 2 aromatic rings. The highest BCUT2D eigenvalue weighted by Crippen LogP contribution is 2.34. The Morgan fingerprint density at radius 2 is 2.03 bits per heavy atom. The van der Waals surface area contributed by atoms with Gasteiger partial charge in [0.25, 0.3) is 5.91 Å². The first-order chi connectivity index (χ1) is 14.6. The molecule has 11 nitrogen and oxygen atoms in total. The van der Waals surface area contributed by atoms with Gasteiger partial charge in [0.05, 0.1) is 5.69 Å². The fraction of sp³-hybridized carbons (Fsp3) is 0.421. The second-order valence-corrected chi connectivity index (χ2v) is 8.62. The van der Waals surface area contributed by atoms with Gasteiger partial charge >= 0.3 is 6.09 Å². The highest BCUT2D eigenvalue weighted by Gasteiger charge is 2.28. The summed E-state index contributed by atoms with van der Waals surface area (Å²) in [5.74, 6) is -0.429. The third-order valence-corrected chi connectivity index (χ3v) is 4.64. The lowest BCUT2D eigenvalue weighted by Crippen LogP contribution is -2.43. The molecule has 0 atom stereocenters. The fourth-order valence-corrected chi connectivity index (χ4v) is 3.39. The summed E-state index contributed by atoms with van der Waals surface area (Å²) in [7, 11) is 1.53. The van der Waals surface area contributed by atoms with Crippen LogP contribution in [0.4, 0.5) is 21.3 Å². The van der Waals surface area contributed by atoms with Crippen LogP contribution in [0.1, 0.15) is 25.8 Å². The van der Waals surface area contributed by atoms with Gasteiger partial charge in [0.15, 0.2) is 6.61 Å². The maximum Gasteiger partial charge on any atom is 0.412 e. The zero-order valence-electron chi connectivity index (χ0n) is 17.6. The third-order valence-electron chi connectivity index (χ3n) is 3.83. The Morgan fingerprint density at radius 1 is 1.26 bits per heavy atom. The molecule has 0 unspecified atom stereocenters. The van der Waals surface area contributed by atoms with Crippen molar-refractivity contribution in [1.82, 2.24) is 10.2 Å². The van der Waals surface area contributed by atoms with Crippen LogP contribution in [0.25, 0.3) is 0 Å². The smallest absolute Gasteiger partial charge is 0.412 e. The van der Waals surface area contributed by atoms with Gasteiger partial charge in [-0.2, -0.15) is 0 Å². The number of hydrogen-bond acceptors (Lipinski definition) is 9. The van der Waals surface area contributed by atoms with Gasteiger partial charge in [0.2, 0.25) is 11.0 Å². The zero-order valence-corrected chi connectivity index (χ0v) is 18.4. The van der Waals surface area contributed by atoms with Crippen molar-refractivity contribution in [3.05, 3.63) is 23.2 Å². The van der Waals surface area contributed by atoms with Crippen molar-refractivity contribution in [2.75, 3.05) is 35.8 Å². The van der Waals surface area contributed by atoms with Crippen LogP contribution in [0, 0.1) is 0 Å². The molecule has 12 heteroatoms. The molecule has 0 bridgehead atoms. The molecule has 166 valence electrons. The van der Waals surface area contributed by atoms with E-state index in [-0.39, 0.29) is 19.8 Å². The molecule has 0 fully saturated rings. The second-order valence-electron chi connectivity index (χ2n) is 7.56. The molecule has 0 spiro atoms. The van der Waals surface area contributed by atoms with Crippen LogP contribution in [-0.2, 0) is 25.7 Å². The number of hydrogen-bond donors (Lipinski definition) is 2. The van der Waals surface area contributed by atoms with E-state index in [0.29, 0.717) is 27.3 Å². The Balaban J connectivity index is 1.72.